The first-order valence-electron chi connectivity index (χ1n) is 10.7. The van der Waals surface area contributed by atoms with Crippen LogP contribution in [0.2, 0.25) is 0 Å². The van der Waals surface area contributed by atoms with E-state index in [2.05, 4.69) is 15.5 Å². The van der Waals surface area contributed by atoms with E-state index in [-0.39, 0.29) is 29.6 Å². The molecule has 2 fully saturated rings. The number of nitrogens with one attached hydrogen (secondary N) is 1. The van der Waals surface area contributed by atoms with Crippen molar-refractivity contribution in [2.24, 2.45) is 0 Å². The number of likely N-dealkylation sites (tertiary alicyclic amines) is 1. The van der Waals surface area contributed by atoms with Crippen LogP contribution in [0.5, 0.6) is 5.75 Å². The molecule has 32 heavy (non-hydrogen) atoms. The van der Waals surface area contributed by atoms with Crippen LogP contribution in [0.4, 0.5) is 23.5 Å². The lowest BCUT2D eigenvalue weighted by Gasteiger charge is -2.33. The van der Waals surface area contributed by atoms with Crippen LogP contribution < -0.4 is 5.32 Å². The van der Waals surface area contributed by atoms with Gasteiger partial charge in [-0.3, -0.25) is 9.30 Å². The molecule has 3 aromatic rings. The zero-order valence-electron chi connectivity index (χ0n) is 17.2. The van der Waals surface area contributed by atoms with Crippen molar-refractivity contribution < 1.29 is 22.7 Å². The molecule has 10 heteroatoms. The number of fused-ring (bicyclic) bond motifs is 1. The zero-order chi connectivity index (χ0) is 22.5. The molecule has 1 atom stereocenters. The molecule has 1 saturated carbocycles. The van der Waals surface area contributed by atoms with Crippen LogP contribution in [0.1, 0.15) is 37.2 Å². The predicted molar refractivity (Wildman–Crippen MR) is 111 cm³/mol. The average Bonchev–Trinajstić information content (AvgIpc) is 3.44. The van der Waals surface area contributed by atoms with Crippen molar-refractivity contribution in [2.75, 3.05) is 25.0 Å². The van der Waals surface area contributed by atoms with E-state index in [0.29, 0.717) is 36.8 Å². The predicted octanol–water partition coefficient (Wildman–Crippen LogP) is 4.56. The number of halogens is 4. The van der Waals surface area contributed by atoms with Crippen LogP contribution in [-0.4, -0.2) is 56.5 Å². The minimum Gasteiger partial charge on any atom is -0.507 e. The summed E-state index contributed by atoms with van der Waals surface area (Å²) >= 11 is 0. The Bertz CT molecular complexity index is 1120. The summed E-state index contributed by atoms with van der Waals surface area (Å²) in [6.45, 7) is -0.301. The van der Waals surface area contributed by atoms with Gasteiger partial charge in [0, 0.05) is 18.8 Å². The van der Waals surface area contributed by atoms with Gasteiger partial charge in [-0.2, -0.15) is 13.2 Å². The van der Waals surface area contributed by atoms with Crippen LogP contribution in [0.3, 0.4) is 0 Å². The summed E-state index contributed by atoms with van der Waals surface area (Å²) in [5, 5.41) is 22.1. The van der Waals surface area contributed by atoms with Crippen molar-refractivity contribution in [2.45, 2.75) is 43.8 Å². The van der Waals surface area contributed by atoms with Gasteiger partial charge in [0.25, 0.3) is 0 Å². The Labute approximate surface area is 181 Å². The Morgan fingerprint density at radius 2 is 1.97 bits per heavy atom. The second-order valence-electron chi connectivity index (χ2n) is 8.64. The SMILES string of the molecule is Oc1cc(C2CC2)cc(F)c1-c1nnc(N[C@@H]2CCCN(CC(F)(F)F)C2)n2cccc12. The second kappa shape index (κ2) is 7.91. The molecule has 3 heterocycles. The Morgan fingerprint density at radius 3 is 2.69 bits per heavy atom. The van der Waals surface area contributed by atoms with Crippen LogP contribution >= 0.6 is 0 Å². The Balaban J connectivity index is 1.42. The van der Waals surface area contributed by atoms with E-state index >= 15 is 0 Å². The van der Waals surface area contributed by atoms with Gasteiger partial charge in [0.15, 0.2) is 0 Å². The third-order valence-corrected chi connectivity index (χ3v) is 6.08. The van der Waals surface area contributed by atoms with Gasteiger partial charge in [0.1, 0.15) is 17.3 Å². The van der Waals surface area contributed by atoms with E-state index in [1.807, 2.05) is 0 Å². The Kier molecular flexibility index (Phi) is 5.19. The molecule has 6 nitrogen and oxygen atoms in total. The standard InChI is InChI=1S/C22H23F4N5O/c23-16-9-14(13-5-6-13)10-18(32)19(16)20-17-4-2-8-31(17)21(29-28-20)27-15-3-1-7-30(11-15)12-22(24,25)26/h2,4,8-10,13,15,32H,1,3,5-7,11-12H2,(H,27,29)/t15-/m1/s1. The van der Waals surface area contributed by atoms with Crippen molar-refractivity contribution in [3.8, 4) is 17.0 Å². The highest BCUT2D eigenvalue weighted by Gasteiger charge is 2.33. The summed E-state index contributed by atoms with van der Waals surface area (Å²) < 4.78 is 54.9. The average molecular weight is 449 g/mol. The summed E-state index contributed by atoms with van der Waals surface area (Å²) in [6, 6.07) is 6.29. The van der Waals surface area contributed by atoms with Crippen molar-refractivity contribution in [1.82, 2.24) is 19.5 Å². The molecular weight excluding hydrogens is 426 g/mol. The molecule has 0 bridgehead atoms. The summed E-state index contributed by atoms with van der Waals surface area (Å²) in [6.07, 6.45) is 0.808. The monoisotopic (exact) mass is 449 g/mol. The lowest BCUT2D eigenvalue weighted by atomic mass is 10.0. The largest absolute Gasteiger partial charge is 0.507 e. The quantitative estimate of drug-likeness (QED) is 0.560. The molecule has 1 aromatic carbocycles. The minimum absolute atomic E-state index is 0.00818. The van der Waals surface area contributed by atoms with E-state index in [1.165, 1.54) is 11.0 Å². The van der Waals surface area contributed by atoms with E-state index in [4.69, 9.17) is 0 Å². The Hall–Kier alpha value is -2.88. The van der Waals surface area contributed by atoms with Crippen molar-refractivity contribution >= 4 is 11.5 Å². The van der Waals surface area contributed by atoms with Gasteiger partial charge in [0.2, 0.25) is 5.95 Å². The molecule has 1 aliphatic heterocycles. The van der Waals surface area contributed by atoms with Crippen molar-refractivity contribution in [3.05, 3.63) is 41.8 Å². The van der Waals surface area contributed by atoms with Gasteiger partial charge in [-0.25, -0.2) is 4.39 Å². The highest BCUT2D eigenvalue weighted by molar-refractivity contribution is 5.81. The number of nitrogens with zero attached hydrogens (tertiary/aromatic N) is 4. The number of aromatic nitrogens is 3. The number of aromatic hydroxyl groups is 1. The molecule has 0 spiro atoms. The van der Waals surface area contributed by atoms with E-state index in [9.17, 15) is 22.7 Å². The Morgan fingerprint density at radius 1 is 1.16 bits per heavy atom. The van der Waals surface area contributed by atoms with Crippen LogP contribution in [0.25, 0.3) is 16.8 Å². The first-order valence-corrected chi connectivity index (χ1v) is 10.7. The number of benzene rings is 1. The number of rotatable bonds is 5. The van der Waals surface area contributed by atoms with Gasteiger partial charge < -0.3 is 10.4 Å². The van der Waals surface area contributed by atoms with Crippen LogP contribution in [0.15, 0.2) is 30.5 Å². The molecule has 1 aliphatic carbocycles. The highest BCUT2D eigenvalue weighted by Crippen LogP contribution is 2.44. The van der Waals surface area contributed by atoms with Crippen LogP contribution in [-0.2, 0) is 0 Å². The minimum atomic E-state index is -4.24. The molecule has 2 N–H and O–H groups in total. The first-order chi connectivity index (χ1) is 15.3. The van der Waals surface area contributed by atoms with E-state index in [0.717, 1.165) is 18.4 Å². The van der Waals surface area contributed by atoms with Crippen molar-refractivity contribution in [3.63, 3.8) is 0 Å². The molecular formula is C22H23F4N5O. The maximum atomic E-state index is 14.9. The number of hydrogen-bond donors (Lipinski definition) is 2. The summed E-state index contributed by atoms with van der Waals surface area (Å²) in [5.41, 5.74) is 1.52. The number of anilines is 1. The molecule has 2 aromatic heterocycles. The van der Waals surface area contributed by atoms with Gasteiger partial charge in [0.05, 0.1) is 17.6 Å². The molecule has 0 amide bonds. The normalized spacial score (nSPS) is 20.1. The fraction of sp³-hybridized carbons (Fsp3) is 0.455. The maximum absolute atomic E-state index is 14.9. The molecule has 1 saturated heterocycles. The number of phenols is 1. The summed E-state index contributed by atoms with van der Waals surface area (Å²) in [7, 11) is 0. The first kappa shape index (κ1) is 21.0. The summed E-state index contributed by atoms with van der Waals surface area (Å²) in [5.74, 6) is -0.0786. The number of phenolic OH excluding ortho intramolecular Hbond substituents is 1. The zero-order valence-corrected chi connectivity index (χ0v) is 17.2. The second-order valence-corrected chi connectivity index (χ2v) is 8.64. The van der Waals surface area contributed by atoms with E-state index < -0.39 is 18.5 Å². The smallest absolute Gasteiger partial charge is 0.401 e. The molecule has 170 valence electrons. The van der Waals surface area contributed by atoms with Gasteiger partial charge in [-0.1, -0.05) is 0 Å². The third kappa shape index (κ3) is 4.23. The number of alkyl halides is 3. The topological polar surface area (TPSA) is 65.7 Å². The molecule has 0 radical (unpaired) electrons. The van der Waals surface area contributed by atoms with Gasteiger partial charge in [-0.05, 0) is 68.0 Å². The number of hydrogen-bond acceptors (Lipinski definition) is 5. The molecule has 0 unspecified atom stereocenters. The lowest BCUT2D eigenvalue weighted by molar-refractivity contribution is -0.147. The van der Waals surface area contributed by atoms with Crippen molar-refractivity contribution in [1.29, 1.82) is 0 Å². The molecule has 5 rings (SSSR count). The fourth-order valence-electron chi connectivity index (χ4n) is 4.48. The maximum Gasteiger partial charge on any atom is 0.401 e. The number of piperidine rings is 1. The van der Waals surface area contributed by atoms with Gasteiger partial charge in [-0.15, -0.1) is 10.2 Å². The summed E-state index contributed by atoms with van der Waals surface area (Å²) in [4.78, 5) is 1.38. The molecule has 2 aliphatic rings. The third-order valence-electron chi connectivity index (χ3n) is 6.08. The van der Waals surface area contributed by atoms with Gasteiger partial charge >= 0.3 is 6.18 Å². The highest BCUT2D eigenvalue weighted by atomic mass is 19.4. The van der Waals surface area contributed by atoms with Crippen LogP contribution in [0, 0.1) is 5.82 Å². The van der Waals surface area contributed by atoms with E-state index in [1.54, 1.807) is 28.8 Å². The lowest BCUT2D eigenvalue weighted by Crippen LogP contribution is -2.46. The fourth-order valence-corrected chi connectivity index (χ4v) is 4.48.